The van der Waals surface area contributed by atoms with Crippen molar-refractivity contribution in [2.75, 3.05) is 19.0 Å². The number of anilines is 1. The van der Waals surface area contributed by atoms with Crippen LogP contribution >= 0.6 is 0 Å². The van der Waals surface area contributed by atoms with Crippen LogP contribution in [0.5, 0.6) is 5.88 Å². The van der Waals surface area contributed by atoms with Crippen LogP contribution < -0.4 is 10.1 Å². The van der Waals surface area contributed by atoms with Gasteiger partial charge in [-0.15, -0.1) is 0 Å². The molecule has 184 valence electrons. The van der Waals surface area contributed by atoms with Crippen LogP contribution in [0.2, 0.25) is 0 Å². The lowest BCUT2D eigenvalue weighted by Crippen LogP contribution is -2.48. The van der Waals surface area contributed by atoms with E-state index in [-0.39, 0.29) is 11.6 Å². The van der Waals surface area contributed by atoms with E-state index >= 15 is 0 Å². The van der Waals surface area contributed by atoms with Gasteiger partial charge in [-0.1, -0.05) is 0 Å². The van der Waals surface area contributed by atoms with E-state index in [9.17, 15) is 8.78 Å². The Morgan fingerprint density at radius 2 is 2.06 bits per heavy atom. The van der Waals surface area contributed by atoms with Crippen molar-refractivity contribution in [3.05, 3.63) is 24.3 Å². The standard InChI is InChI=1S/C24H27F2N7O2/c1-13-29-20-17(33(13)12-18(25)26)9-14(10-27-20)16-11-28-21-19(16)22(34-2)32-23(31-21)30-15-3-5-24(6-4-15)7-8-35-24/h9-11,15,18H,3-8,12H2,1-2H3,(H2,28,30,31,32)/t15-,24+. The van der Waals surface area contributed by atoms with Crippen molar-refractivity contribution in [3.8, 4) is 17.0 Å². The molecule has 1 saturated heterocycles. The number of hydrogen-bond donors (Lipinski definition) is 2. The van der Waals surface area contributed by atoms with Gasteiger partial charge in [0.1, 0.15) is 11.5 Å². The minimum atomic E-state index is -2.49. The van der Waals surface area contributed by atoms with Gasteiger partial charge < -0.3 is 24.3 Å². The smallest absolute Gasteiger partial charge is 0.256 e. The van der Waals surface area contributed by atoms with Gasteiger partial charge in [0.15, 0.2) is 5.65 Å². The summed E-state index contributed by atoms with van der Waals surface area (Å²) in [6.07, 6.45) is 6.28. The van der Waals surface area contributed by atoms with Crippen molar-refractivity contribution >= 4 is 28.1 Å². The maximum atomic E-state index is 13.1. The highest BCUT2D eigenvalue weighted by atomic mass is 19.3. The van der Waals surface area contributed by atoms with Crippen molar-refractivity contribution in [1.82, 2.24) is 29.5 Å². The molecular weight excluding hydrogens is 456 g/mol. The number of pyridine rings is 1. The SMILES string of the molecule is COc1nc(N[C@H]2CC[C@]3(CCO3)CC2)nc2[nH]cc(-c3cnc4nc(C)n(CC(F)F)c4c3)c12. The maximum Gasteiger partial charge on any atom is 0.256 e. The number of nitrogens with zero attached hydrogens (tertiary/aromatic N) is 5. The lowest BCUT2D eigenvalue weighted by atomic mass is 9.77. The first kappa shape index (κ1) is 22.1. The van der Waals surface area contributed by atoms with Crippen LogP contribution in [0.15, 0.2) is 18.5 Å². The second-order valence-electron chi connectivity index (χ2n) is 9.41. The van der Waals surface area contributed by atoms with Gasteiger partial charge in [-0.2, -0.15) is 9.97 Å². The fourth-order valence-corrected chi connectivity index (χ4v) is 5.33. The highest BCUT2D eigenvalue weighted by molar-refractivity contribution is 5.98. The molecule has 4 aromatic heterocycles. The molecule has 9 nitrogen and oxygen atoms in total. The molecule has 5 heterocycles. The fourth-order valence-electron chi connectivity index (χ4n) is 5.33. The van der Waals surface area contributed by atoms with Crippen molar-refractivity contribution < 1.29 is 18.3 Å². The fraction of sp³-hybridized carbons (Fsp3) is 0.500. The van der Waals surface area contributed by atoms with E-state index < -0.39 is 13.0 Å². The summed E-state index contributed by atoms with van der Waals surface area (Å²) in [5.41, 5.74) is 3.23. The molecule has 0 radical (unpaired) electrons. The molecule has 1 spiro atoms. The summed E-state index contributed by atoms with van der Waals surface area (Å²) in [5, 5.41) is 4.17. The van der Waals surface area contributed by atoms with Gasteiger partial charge in [-0.05, 0) is 45.1 Å². The van der Waals surface area contributed by atoms with E-state index in [0.717, 1.165) is 49.8 Å². The first-order valence-corrected chi connectivity index (χ1v) is 11.9. The minimum absolute atomic E-state index is 0.105. The van der Waals surface area contributed by atoms with Crippen LogP contribution in [0.25, 0.3) is 33.3 Å². The Kier molecular flexibility index (Phi) is 5.32. The number of rotatable bonds is 6. The zero-order valence-electron chi connectivity index (χ0n) is 19.6. The predicted octanol–water partition coefficient (Wildman–Crippen LogP) is 4.47. The molecule has 0 aromatic carbocycles. The normalized spacial score (nSPS) is 22.3. The summed E-state index contributed by atoms with van der Waals surface area (Å²) in [6, 6.07) is 2.10. The Morgan fingerprint density at radius 1 is 1.26 bits per heavy atom. The molecule has 4 aromatic rings. The van der Waals surface area contributed by atoms with E-state index in [1.54, 1.807) is 20.2 Å². The van der Waals surface area contributed by atoms with Crippen molar-refractivity contribution in [3.63, 3.8) is 0 Å². The van der Waals surface area contributed by atoms with Crippen LogP contribution in [0.4, 0.5) is 14.7 Å². The third-order valence-corrected chi connectivity index (χ3v) is 7.32. The molecule has 35 heavy (non-hydrogen) atoms. The first-order valence-electron chi connectivity index (χ1n) is 11.9. The Labute approximate surface area is 200 Å². The molecule has 0 atom stereocenters. The third-order valence-electron chi connectivity index (χ3n) is 7.32. The van der Waals surface area contributed by atoms with Crippen LogP contribution in [-0.4, -0.2) is 61.3 Å². The maximum absolute atomic E-state index is 13.1. The Morgan fingerprint density at radius 3 is 2.74 bits per heavy atom. The molecule has 2 fully saturated rings. The number of hydrogen-bond acceptors (Lipinski definition) is 7. The summed E-state index contributed by atoms with van der Waals surface area (Å²) in [5.74, 6) is 1.44. The topological polar surface area (TPSA) is 103 Å². The Balaban J connectivity index is 1.32. The highest BCUT2D eigenvalue weighted by Crippen LogP contribution is 2.41. The number of methoxy groups -OCH3 is 1. The summed E-state index contributed by atoms with van der Waals surface area (Å²) in [4.78, 5) is 21.3. The van der Waals surface area contributed by atoms with Crippen molar-refractivity contribution in [1.29, 1.82) is 0 Å². The zero-order chi connectivity index (χ0) is 24.2. The molecular formula is C24H27F2N7O2. The molecule has 11 heteroatoms. The van der Waals surface area contributed by atoms with Crippen LogP contribution in [-0.2, 0) is 11.3 Å². The molecule has 0 unspecified atom stereocenters. The number of ether oxygens (including phenoxy) is 2. The van der Waals surface area contributed by atoms with Gasteiger partial charge in [0.05, 0.1) is 36.8 Å². The lowest BCUT2D eigenvalue weighted by molar-refractivity contribution is -0.165. The van der Waals surface area contributed by atoms with E-state index in [4.69, 9.17) is 14.5 Å². The van der Waals surface area contributed by atoms with Crippen LogP contribution in [0.1, 0.15) is 37.9 Å². The molecule has 1 aliphatic heterocycles. The number of halogens is 2. The molecule has 2 aliphatic rings. The monoisotopic (exact) mass is 483 g/mol. The molecule has 0 amide bonds. The van der Waals surface area contributed by atoms with E-state index in [0.29, 0.717) is 39.9 Å². The second kappa shape index (κ2) is 8.40. The highest BCUT2D eigenvalue weighted by Gasteiger charge is 2.41. The van der Waals surface area contributed by atoms with E-state index in [1.807, 2.05) is 12.3 Å². The lowest BCUT2D eigenvalue weighted by Gasteiger charge is -2.46. The van der Waals surface area contributed by atoms with E-state index in [1.165, 1.54) is 4.57 Å². The van der Waals surface area contributed by atoms with E-state index in [2.05, 4.69) is 25.3 Å². The average Bonchev–Trinajstić information content (AvgIpc) is 3.38. The van der Waals surface area contributed by atoms with Gasteiger partial charge in [-0.3, -0.25) is 0 Å². The summed E-state index contributed by atoms with van der Waals surface area (Å²) >= 11 is 0. The Bertz CT molecular complexity index is 1390. The molecule has 6 rings (SSSR count). The largest absolute Gasteiger partial charge is 0.480 e. The number of aryl methyl sites for hydroxylation is 1. The summed E-state index contributed by atoms with van der Waals surface area (Å²) in [6.45, 7) is 2.14. The third kappa shape index (κ3) is 3.87. The van der Waals surface area contributed by atoms with Gasteiger partial charge in [0.2, 0.25) is 11.8 Å². The van der Waals surface area contributed by atoms with Gasteiger partial charge in [-0.25, -0.2) is 18.7 Å². The molecule has 2 N–H and O–H groups in total. The molecule has 1 aliphatic carbocycles. The Hall–Kier alpha value is -3.34. The number of aromatic nitrogens is 6. The van der Waals surface area contributed by atoms with Crippen LogP contribution in [0, 0.1) is 6.92 Å². The van der Waals surface area contributed by atoms with Crippen molar-refractivity contribution in [2.45, 2.75) is 63.6 Å². The quantitative estimate of drug-likeness (QED) is 0.417. The molecule has 0 bridgehead atoms. The second-order valence-corrected chi connectivity index (χ2v) is 9.41. The average molecular weight is 484 g/mol. The zero-order valence-corrected chi connectivity index (χ0v) is 19.6. The number of aromatic amines is 1. The number of alkyl halides is 2. The number of fused-ring (bicyclic) bond motifs is 2. The van der Waals surface area contributed by atoms with Crippen LogP contribution in [0.3, 0.4) is 0 Å². The number of H-pyrrole nitrogens is 1. The summed E-state index contributed by atoms with van der Waals surface area (Å²) < 4.78 is 39.2. The predicted molar refractivity (Wildman–Crippen MR) is 127 cm³/mol. The number of nitrogens with one attached hydrogen (secondary N) is 2. The first-order chi connectivity index (χ1) is 16.9. The minimum Gasteiger partial charge on any atom is -0.480 e. The summed E-state index contributed by atoms with van der Waals surface area (Å²) in [7, 11) is 1.57. The van der Waals surface area contributed by atoms with Gasteiger partial charge >= 0.3 is 0 Å². The van der Waals surface area contributed by atoms with Crippen molar-refractivity contribution in [2.24, 2.45) is 0 Å². The van der Waals surface area contributed by atoms with Gasteiger partial charge in [0, 0.05) is 29.6 Å². The molecule has 1 saturated carbocycles. The van der Waals surface area contributed by atoms with Gasteiger partial charge in [0.25, 0.3) is 6.43 Å². The number of imidazole rings is 1.